The Hall–Kier alpha value is -4.23. The molecule has 0 atom stereocenters. The van der Waals surface area contributed by atoms with Crippen LogP contribution in [0.3, 0.4) is 0 Å². The number of ether oxygens (including phenoxy) is 1. The molecule has 0 bridgehead atoms. The Bertz CT molecular complexity index is 1060. The van der Waals surface area contributed by atoms with E-state index in [1.54, 1.807) is 0 Å². The number of aliphatic carboxylic acids is 4. The minimum atomic E-state index is -1.26. The lowest BCUT2D eigenvalue weighted by Crippen LogP contribution is -2.31. The first-order chi connectivity index (χ1) is 18.0. The van der Waals surface area contributed by atoms with E-state index in [1.165, 1.54) is 11.9 Å². The third-order valence-electron chi connectivity index (χ3n) is 5.04. The smallest absolute Gasteiger partial charge is 0.328 e. The van der Waals surface area contributed by atoms with E-state index in [9.17, 15) is 19.2 Å². The molecule has 38 heavy (non-hydrogen) atoms. The maximum atomic E-state index is 9.55. The van der Waals surface area contributed by atoms with Crippen molar-refractivity contribution in [2.45, 2.75) is 19.9 Å². The second-order valence-electron chi connectivity index (χ2n) is 7.91. The maximum Gasteiger partial charge on any atom is 0.328 e. The third kappa shape index (κ3) is 12.6. The molecular formula is C25H34N4O9. The quantitative estimate of drug-likeness (QED) is 0.270. The molecule has 13 heteroatoms. The average Bonchev–Trinajstić information content (AvgIpc) is 3.08. The van der Waals surface area contributed by atoms with Gasteiger partial charge in [0.25, 0.3) is 0 Å². The van der Waals surface area contributed by atoms with Crippen molar-refractivity contribution >= 4 is 40.9 Å². The summed E-state index contributed by atoms with van der Waals surface area (Å²) in [5.74, 6) is -3.93. The molecule has 1 aromatic carbocycles. The topological polar surface area (TPSA) is 183 Å². The Kier molecular flexibility index (Phi) is 14.4. The van der Waals surface area contributed by atoms with Gasteiger partial charge in [-0.05, 0) is 39.1 Å². The van der Waals surface area contributed by atoms with Crippen molar-refractivity contribution in [1.29, 1.82) is 0 Å². The van der Waals surface area contributed by atoms with E-state index < -0.39 is 23.9 Å². The van der Waals surface area contributed by atoms with Crippen LogP contribution in [0.5, 0.6) is 0 Å². The van der Waals surface area contributed by atoms with Gasteiger partial charge in [0.15, 0.2) is 0 Å². The lowest BCUT2D eigenvalue weighted by Gasteiger charge is -2.23. The van der Waals surface area contributed by atoms with Crippen LogP contribution in [0.2, 0.25) is 0 Å². The van der Waals surface area contributed by atoms with Crippen molar-refractivity contribution < 1.29 is 44.3 Å². The first-order valence-corrected chi connectivity index (χ1v) is 11.8. The standard InChI is InChI=1S/C17H26N4O.2C4H4O4/c1-3-22-14-13-21-16-8-5-4-7-15(16)18-17(21)20-10-6-9-19(2)11-12-20;2*5-3(6)1-2-4(7)8/h4-5,7-8H,3,6,9-14H2,1-2H3;2*1-2H,(H,5,6)(H,7,8). The van der Waals surface area contributed by atoms with Crippen molar-refractivity contribution in [2.75, 3.05) is 51.3 Å². The second-order valence-corrected chi connectivity index (χ2v) is 7.91. The average molecular weight is 535 g/mol. The number of imidazole rings is 1. The van der Waals surface area contributed by atoms with Crippen molar-refractivity contribution in [2.24, 2.45) is 0 Å². The number of para-hydroxylation sites is 2. The summed E-state index contributed by atoms with van der Waals surface area (Å²) in [6, 6.07) is 8.39. The number of fused-ring (bicyclic) bond motifs is 1. The Labute approximate surface area is 219 Å². The summed E-state index contributed by atoms with van der Waals surface area (Å²) in [7, 11) is 2.20. The van der Waals surface area contributed by atoms with E-state index >= 15 is 0 Å². The summed E-state index contributed by atoms with van der Waals surface area (Å²) in [5.41, 5.74) is 2.28. The Morgan fingerprint density at radius 1 is 0.868 bits per heavy atom. The highest BCUT2D eigenvalue weighted by Crippen LogP contribution is 2.23. The van der Waals surface area contributed by atoms with Crippen LogP contribution in [0, 0.1) is 0 Å². The normalized spacial score (nSPS) is 13.9. The van der Waals surface area contributed by atoms with Gasteiger partial charge in [-0.3, -0.25) is 0 Å². The van der Waals surface area contributed by atoms with E-state index in [1.807, 2.05) is 6.92 Å². The summed E-state index contributed by atoms with van der Waals surface area (Å²) < 4.78 is 7.88. The van der Waals surface area contributed by atoms with Gasteiger partial charge < -0.3 is 39.5 Å². The molecule has 0 spiro atoms. The molecule has 1 fully saturated rings. The lowest BCUT2D eigenvalue weighted by atomic mass is 10.3. The van der Waals surface area contributed by atoms with Gasteiger partial charge in [-0.2, -0.15) is 0 Å². The predicted molar refractivity (Wildman–Crippen MR) is 139 cm³/mol. The fourth-order valence-corrected chi connectivity index (χ4v) is 3.36. The van der Waals surface area contributed by atoms with E-state index in [0.717, 1.165) is 57.4 Å². The van der Waals surface area contributed by atoms with Gasteiger partial charge in [-0.15, -0.1) is 0 Å². The van der Waals surface area contributed by atoms with Crippen LogP contribution < -0.4 is 4.90 Å². The SMILES string of the molecule is CCOCCn1c(N2CCCN(C)CC2)nc2ccccc21.O=C(O)C=CC(=O)O.O=C(O)C=CC(=O)O. The number of carboxylic acids is 4. The highest BCUT2D eigenvalue weighted by molar-refractivity contribution is 5.90. The molecule has 13 nitrogen and oxygen atoms in total. The van der Waals surface area contributed by atoms with Crippen LogP contribution >= 0.6 is 0 Å². The minimum Gasteiger partial charge on any atom is -0.478 e. The zero-order chi connectivity index (χ0) is 28.5. The van der Waals surface area contributed by atoms with Crippen molar-refractivity contribution in [1.82, 2.24) is 14.5 Å². The first-order valence-electron chi connectivity index (χ1n) is 11.8. The number of carbonyl (C=O) groups is 4. The third-order valence-corrected chi connectivity index (χ3v) is 5.04. The first kappa shape index (κ1) is 31.8. The molecule has 0 unspecified atom stereocenters. The molecule has 0 radical (unpaired) electrons. The van der Waals surface area contributed by atoms with Crippen molar-refractivity contribution in [3.05, 3.63) is 48.6 Å². The van der Waals surface area contributed by atoms with Gasteiger partial charge in [0.2, 0.25) is 5.95 Å². The van der Waals surface area contributed by atoms with E-state index in [2.05, 4.69) is 45.7 Å². The summed E-state index contributed by atoms with van der Waals surface area (Å²) in [4.78, 5) is 47.9. The number of rotatable bonds is 9. The lowest BCUT2D eigenvalue weighted by molar-refractivity contribution is -0.134. The van der Waals surface area contributed by atoms with Crippen LogP contribution in [0.25, 0.3) is 11.0 Å². The van der Waals surface area contributed by atoms with Crippen LogP contribution in [0.15, 0.2) is 48.6 Å². The van der Waals surface area contributed by atoms with Crippen LogP contribution in [0.4, 0.5) is 5.95 Å². The molecule has 2 aromatic rings. The number of anilines is 1. The zero-order valence-corrected chi connectivity index (χ0v) is 21.4. The highest BCUT2D eigenvalue weighted by atomic mass is 16.5. The number of hydrogen-bond donors (Lipinski definition) is 4. The molecule has 0 aliphatic carbocycles. The molecule has 0 saturated carbocycles. The molecule has 3 rings (SSSR count). The second kappa shape index (κ2) is 17.3. The molecule has 0 amide bonds. The predicted octanol–water partition coefficient (Wildman–Crippen LogP) is 1.64. The van der Waals surface area contributed by atoms with Gasteiger partial charge in [0.1, 0.15) is 0 Å². The summed E-state index contributed by atoms with van der Waals surface area (Å²) >= 11 is 0. The van der Waals surface area contributed by atoms with Crippen LogP contribution in [-0.2, 0) is 30.5 Å². The molecular weight excluding hydrogens is 500 g/mol. The largest absolute Gasteiger partial charge is 0.478 e. The molecule has 1 saturated heterocycles. The molecule has 1 aromatic heterocycles. The number of hydrogen-bond acceptors (Lipinski definition) is 8. The Balaban J connectivity index is 0.000000374. The van der Waals surface area contributed by atoms with Crippen molar-refractivity contribution in [3.8, 4) is 0 Å². The number of likely N-dealkylation sites (N-methyl/N-ethyl adjacent to an activating group) is 1. The minimum absolute atomic E-state index is 0.558. The van der Waals surface area contributed by atoms with Gasteiger partial charge in [-0.1, -0.05) is 12.1 Å². The summed E-state index contributed by atoms with van der Waals surface area (Å²) in [6.45, 7) is 8.75. The van der Waals surface area contributed by atoms with Crippen molar-refractivity contribution in [3.63, 3.8) is 0 Å². The molecule has 1 aliphatic rings. The van der Waals surface area contributed by atoms with E-state index in [-0.39, 0.29) is 0 Å². The molecule has 4 N–H and O–H groups in total. The summed E-state index contributed by atoms with van der Waals surface area (Å²) in [6.07, 6.45) is 3.42. The zero-order valence-electron chi connectivity index (χ0n) is 21.4. The van der Waals surface area contributed by atoms with Gasteiger partial charge in [0, 0.05) is 57.1 Å². The van der Waals surface area contributed by atoms with Crippen LogP contribution in [-0.4, -0.2) is 105 Å². The Morgan fingerprint density at radius 3 is 1.95 bits per heavy atom. The van der Waals surface area contributed by atoms with Gasteiger partial charge in [0.05, 0.1) is 17.6 Å². The molecule has 2 heterocycles. The number of nitrogens with zero attached hydrogens (tertiary/aromatic N) is 4. The maximum absolute atomic E-state index is 9.55. The number of carboxylic acid groups (broad SMARTS) is 4. The number of benzene rings is 1. The number of aromatic nitrogens is 2. The summed E-state index contributed by atoms with van der Waals surface area (Å²) in [5, 5.41) is 31.2. The van der Waals surface area contributed by atoms with Gasteiger partial charge >= 0.3 is 23.9 Å². The fraction of sp³-hybridized carbons (Fsp3) is 0.400. The van der Waals surface area contributed by atoms with Gasteiger partial charge in [-0.25, -0.2) is 24.2 Å². The van der Waals surface area contributed by atoms with E-state index in [4.69, 9.17) is 30.1 Å². The monoisotopic (exact) mass is 534 g/mol. The molecule has 1 aliphatic heterocycles. The Morgan fingerprint density at radius 2 is 1.42 bits per heavy atom. The highest BCUT2D eigenvalue weighted by Gasteiger charge is 2.19. The van der Waals surface area contributed by atoms with E-state index in [0.29, 0.717) is 24.3 Å². The molecule has 208 valence electrons. The van der Waals surface area contributed by atoms with Crippen LogP contribution in [0.1, 0.15) is 13.3 Å². The fourth-order valence-electron chi connectivity index (χ4n) is 3.36.